The van der Waals surface area contributed by atoms with Gasteiger partial charge >= 0.3 is 0 Å². The molecule has 1 aromatic heterocycles. The van der Waals surface area contributed by atoms with Crippen LogP contribution in [0.2, 0.25) is 0 Å². The van der Waals surface area contributed by atoms with Gasteiger partial charge in [0.15, 0.2) is 0 Å². The van der Waals surface area contributed by atoms with Crippen molar-refractivity contribution >= 4 is 5.95 Å². The van der Waals surface area contributed by atoms with Crippen molar-refractivity contribution < 1.29 is 0 Å². The van der Waals surface area contributed by atoms with Crippen LogP contribution in [0.25, 0.3) is 0 Å². The fraction of sp³-hybridized carbons (Fsp3) is 0.412. The highest BCUT2D eigenvalue weighted by atomic mass is 15.1. The minimum Gasteiger partial charge on any atom is -0.354 e. The Kier molecular flexibility index (Phi) is 5.69. The maximum atomic E-state index is 4.35. The first-order valence-electron chi connectivity index (χ1n) is 7.43. The van der Waals surface area contributed by atoms with Crippen molar-refractivity contribution in [2.75, 3.05) is 18.9 Å². The van der Waals surface area contributed by atoms with E-state index in [-0.39, 0.29) is 0 Å². The number of hydrogen-bond donors (Lipinski definition) is 1. The van der Waals surface area contributed by atoms with Crippen molar-refractivity contribution in [2.24, 2.45) is 0 Å². The molecule has 0 radical (unpaired) electrons. The average molecular weight is 284 g/mol. The number of aromatic nitrogens is 2. The second-order valence-electron chi connectivity index (χ2n) is 5.49. The summed E-state index contributed by atoms with van der Waals surface area (Å²) in [6.45, 7) is 6.08. The van der Waals surface area contributed by atoms with E-state index in [0.29, 0.717) is 12.0 Å². The van der Waals surface area contributed by atoms with E-state index in [9.17, 15) is 0 Å². The zero-order valence-corrected chi connectivity index (χ0v) is 13.1. The van der Waals surface area contributed by atoms with Crippen molar-refractivity contribution in [3.63, 3.8) is 0 Å². The molecule has 2 aromatic rings. The first-order chi connectivity index (χ1) is 10.1. The smallest absolute Gasteiger partial charge is 0.222 e. The zero-order chi connectivity index (χ0) is 15.1. The number of hydrogen-bond acceptors (Lipinski definition) is 4. The monoisotopic (exact) mass is 284 g/mol. The number of rotatable bonds is 7. The quantitative estimate of drug-likeness (QED) is 0.848. The maximum absolute atomic E-state index is 4.35. The van der Waals surface area contributed by atoms with E-state index in [2.05, 4.69) is 64.5 Å². The van der Waals surface area contributed by atoms with Crippen molar-refractivity contribution in [3.05, 3.63) is 53.9 Å². The van der Waals surface area contributed by atoms with Gasteiger partial charge in [0, 0.05) is 31.0 Å². The molecule has 0 aliphatic carbocycles. The summed E-state index contributed by atoms with van der Waals surface area (Å²) in [5, 5.41) is 3.29. The van der Waals surface area contributed by atoms with Gasteiger partial charge in [-0.1, -0.05) is 30.3 Å². The van der Waals surface area contributed by atoms with Crippen LogP contribution in [0.4, 0.5) is 5.95 Å². The SMILES string of the molecule is Cc1ccnc(NCCC(C)N(C)Cc2ccccc2)n1. The molecule has 0 amide bonds. The van der Waals surface area contributed by atoms with Gasteiger partial charge in [0.05, 0.1) is 0 Å². The average Bonchev–Trinajstić information content (AvgIpc) is 2.48. The van der Waals surface area contributed by atoms with Gasteiger partial charge in [-0.15, -0.1) is 0 Å². The van der Waals surface area contributed by atoms with Gasteiger partial charge in [-0.25, -0.2) is 9.97 Å². The van der Waals surface area contributed by atoms with Crippen LogP contribution in [0.1, 0.15) is 24.6 Å². The molecule has 1 unspecified atom stereocenters. The van der Waals surface area contributed by atoms with Gasteiger partial charge in [-0.05, 0) is 38.9 Å². The highest BCUT2D eigenvalue weighted by Gasteiger charge is 2.09. The molecule has 0 aliphatic heterocycles. The molecule has 0 saturated carbocycles. The minimum atomic E-state index is 0.502. The number of aryl methyl sites for hydroxylation is 1. The molecule has 0 bridgehead atoms. The fourth-order valence-corrected chi connectivity index (χ4v) is 2.17. The van der Waals surface area contributed by atoms with Crippen molar-refractivity contribution in [2.45, 2.75) is 32.9 Å². The van der Waals surface area contributed by atoms with Crippen LogP contribution in [0.3, 0.4) is 0 Å². The zero-order valence-electron chi connectivity index (χ0n) is 13.1. The Morgan fingerprint density at radius 2 is 1.95 bits per heavy atom. The molecule has 0 aliphatic rings. The van der Waals surface area contributed by atoms with Gasteiger partial charge in [0.1, 0.15) is 0 Å². The molecule has 1 aromatic carbocycles. The molecule has 2 rings (SSSR count). The van der Waals surface area contributed by atoms with Crippen molar-refractivity contribution in [1.29, 1.82) is 0 Å². The summed E-state index contributed by atoms with van der Waals surface area (Å²) in [4.78, 5) is 10.9. The molecule has 112 valence electrons. The lowest BCUT2D eigenvalue weighted by Crippen LogP contribution is -2.30. The molecule has 1 N–H and O–H groups in total. The molecule has 4 heteroatoms. The standard InChI is InChI=1S/C17H24N4/c1-14-9-11-18-17(20-14)19-12-10-15(2)21(3)13-16-7-5-4-6-8-16/h4-9,11,15H,10,12-13H2,1-3H3,(H,18,19,20). The molecule has 0 spiro atoms. The highest BCUT2D eigenvalue weighted by Crippen LogP contribution is 2.08. The second kappa shape index (κ2) is 7.74. The third kappa shape index (κ3) is 5.16. The summed E-state index contributed by atoms with van der Waals surface area (Å²) >= 11 is 0. The van der Waals surface area contributed by atoms with E-state index < -0.39 is 0 Å². The number of nitrogens with one attached hydrogen (secondary N) is 1. The molecule has 0 saturated heterocycles. The molecular weight excluding hydrogens is 260 g/mol. The van der Waals surface area contributed by atoms with E-state index in [1.54, 1.807) is 6.20 Å². The van der Waals surface area contributed by atoms with Crippen LogP contribution < -0.4 is 5.32 Å². The third-order valence-corrected chi connectivity index (χ3v) is 3.67. The Bertz CT molecular complexity index is 541. The van der Waals surface area contributed by atoms with E-state index in [4.69, 9.17) is 0 Å². The topological polar surface area (TPSA) is 41.1 Å². The molecule has 21 heavy (non-hydrogen) atoms. The van der Waals surface area contributed by atoms with Crippen LogP contribution in [0.15, 0.2) is 42.6 Å². The number of anilines is 1. The lowest BCUT2D eigenvalue weighted by Gasteiger charge is -2.24. The lowest BCUT2D eigenvalue weighted by molar-refractivity contribution is 0.242. The molecule has 1 heterocycles. The Labute approximate surface area is 127 Å². The molecule has 1 atom stereocenters. The van der Waals surface area contributed by atoms with Crippen LogP contribution >= 0.6 is 0 Å². The lowest BCUT2D eigenvalue weighted by atomic mass is 10.1. The van der Waals surface area contributed by atoms with Gasteiger partial charge < -0.3 is 5.32 Å². The van der Waals surface area contributed by atoms with Crippen LogP contribution in [0, 0.1) is 6.92 Å². The Hall–Kier alpha value is -1.94. The third-order valence-electron chi connectivity index (χ3n) is 3.67. The maximum Gasteiger partial charge on any atom is 0.222 e. The summed E-state index contributed by atoms with van der Waals surface area (Å²) in [7, 11) is 2.17. The number of benzene rings is 1. The van der Waals surface area contributed by atoms with E-state index in [1.807, 2.05) is 13.0 Å². The molecule has 0 fully saturated rings. The molecular formula is C17H24N4. The van der Waals surface area contributed by atoms with E-state index in [0.717, 1.165) is 25.2 Å². The normalized spacial score (nSPS) is 12.4. The van der Waals surface area contributed by atoms with E-state index in [1.165, 1.54) is 5.56 Å². The summed E-state index contributed by atoms with van der Waals surface area (Å²) < 4.78 is 0. The van der Waals surface area contributed by atoms with Crippen LogP contribution in [0.5, 0.6) is 0 Å². The summed E-state index contributed by atoms with van der Waals surface area (Å²) in [6.07, 6.45) is 2.84. The van der Waals surface area contributed by atoms with Crippen LogP contribution in [-0.4, -0.2) is 34.5 Å². The Morgan fingerprint density at radius 3 is 2.67 bits per heavy atom. The van der Waals surface area contributed by atoms with Gasteiger partial charge in [0.2, 0.25) is 5.95 Å². The van der Waals surface area contributed by atoms with Crippen molar-refractivity contribution in [3.8, 4) is 0 Å². The summed E-state index contributed by atoms with van der Waals surface area (Å²) in [5.74, 6) is 0.716. The summed E-state index contributed by atoms with van der Waals surface area (Å²) in [5.41, 5.74) is 2.34. The Morgan fingerprint density at radius 1 is 1.19 bits per heavy atom. The van der Waals surface area contributed by atoms with Crippen LogP contribution in [-0.2, 0) is 6.54 Å². The first kappa shape index (κ1) is 15.4. The summed E-state index contributed by atoms with van der Waals surface area (Å²) in [6, 6.07) is 13.0. The fourth-order valence-electron chi connectivity index (χ4n) is 2.17. The first-order valence-corrected chi connectivity index (χ1v) is 7.43. The largest absolute Gasteiger partial charge is 0.354 e. The number of nitrogens with zero attached hydrogens (tertiary/aromatic N) is 3. The predicted octanol–water partition coefficient (Wildman–Crippen LogP) is 3.11. The van der Waals surface area contributed by atoms with Gasteiger partial charge in [-0.2, -0.15) is 0 Å². The predicted molar refractivity (Wildman–Crippen MR) is 87.2 cm³/mol. The van der Waals surface area contributed by atoms with E-state index >= 15 is 0 Å². The highest BCUT2D eigenvalue weighted by molar-refractivity contribution is 5.24. The second-order valence-corrected chi connectivity index (χ2v) is 5.49. The van der Waals surface area contributed by atoms with Crippen molar-refractivity contribution in [1.82, 2.24) is 14.9 Å². The minimum absolute atomic E-state index is 0.502. The van der Waals surface area contributed by atoms with Gasteiger partial charge in [0.25, 0.3) is 0 Å². The molecule has 4 nitrogen and oxygen atoms in total. The Balaban J connectivity index is 1.75. The van der Waals surface area contributed by atoms with Gasteiger partial charge in [-0.3, -0.25) is 4.90 Å².